The third-order valence-electron chi connectivity index (χ3n) is 2.37. The van der Waals surface area contributed by atoms with Crippen LogP contribution in [0, 0.1) is 6.92 Å². The van der Waals surface area contributed by atoms with Crippen molar-refractivity contribution in [3.8, 4) is 10.6 Å². The number of halogens is 1. The maximum atomic E-state index is 6.13. The van der Waals surface area contributed by atoms with E-state index in [0.717, 1.165) is 22.0 Å². The van der Waals surface area contributed by atoms with Gasteiger partial charge in [-0.1, -0.05) is 31.5 Å². The number of hydrogen-bond donors (Lipinski definition) is 0. The quantitative estimate of drug-likeness (QED) is 0.745. The molecule has 2 rings (SSSR count). The second kappa shape index (κ2) is 4.52. The number of thiophene rings is 1. The molecule has 0 aliphatic rings. The zero-order valence-electron chi connectivity index (χ0n) is 9.49. The second-order valence-electron chi connectivity index (χ2n) is 3.98. The van der Waals surface area contributed by atoms with Crippen LogP contribution in [-0.4, -0.2) is 9.97 Å². The fourth-order valence-electron chi connectivity index (χ4n) is 1.42. The van der Waals surface area contributed by atoms with E-state index in [4.69, 9.17) is 11.6 Å². The number of hydrogen-bond acceptors (Lipinski definition) is 3. The predicted molar refractivity (Wildman–Crippen MR) is 69.2 cm³/mol. The van der Waals surface area contributed by atoms with Crippen LogP contribution in [0.15, 0.2) is 17.5 Å². The summed E-state index contributed by atoms with van der Waals surface area (Å²) in [5.41, 5.74) is 1.91. The zero-order chi connectivity index (χ0) is 11.7. The van der Waals surface area contributed by atoms with Gasteiger partial charge in [-0.05, 0) is 18.4 Å². The third-order valence-corrected chi connectivity index (χ3v) is 3.62. The van der Waals surface area contributed by atoms with Crippen LogP contribution >= 0.6 is 22.9 Å². The Morgan fingerprint density at radius 1 is 1.31 bits per heavy atom. The Labute approximate surface area is 104 Å². The van der Waals surface area contributed by atoms with Crippen LogP contribution in [-0.2, 0) is 0 Å². The Kier molecular flexibility index (Phi) is 3.26. The first-order chi connectivity index (χ1) is 7.59. The summed E-state index contributed by atoms with van der Waals surface area (Å²) in [6, 6.07) is 4.07. The van der Waals surface area contributed by atoms with Crippen molar-refractivity contribution in [2.45, 2.75) is 26.7 Å². The molecule has 0 spiro atoms. The molecular formula is C12H13ClN2S. The Balaban J connectivity index is 2.60. The van der Waals surface area contributed by atoms with Gasteiger partial charge in [0.2, 0.25) is 0 Å². The summed E-state index contributed by atoms with van der Waals surface area (Å²) < 4.78 is 0. The van der Waals surface area contributed by atoms with Crippen LogP contribution in [0.25, 0.3) is 10.6 Å². The average molecular weight is 253 g/mol. The summed E-state index contributed by atoms with van der Waals surface area (Å²) in [5, 5.41) is 2.60. The van der Waals surface area contributed by atoms with Crippen LogP contribution in [0.4, 0.5) is 0 Å². The zero-order valence-corrected chi connectivity index (χ0v) is 11.1. The molecule has 0 saturated carbocycles. The largest absolute Gasteiger partial charge is 0.231 e. The number of rotatable bonds is 2. The van der Waals surface area contributed by atoms with E-state index in [1.165, 1.54) is 0 Å². The molecule has 0 aliphatic heterocycles. The molecule has 16 heavy (non-hydrogen) atoms. The summed E-state index contributed by atoms with van der Waals surface area (Å²) in [5.74, 6) is 1.09. The standard InChI is InChI=1S/C12H13ClN2S/c1-7(2)12-14-10(8(3)11(13)15-12)9-5-4-6-16-9/h4-7H,1-3H3. The van der Waals surface area contributed by atoms with E-state index in [9.17, 15) is 0 Å². The maximum Gasteiger partial charge on any atom is 0.136 e. The van der Waals surface area contributed by atoms with Gasteiger partial charge in [-0.15, -0.1) is 11.3 Å². The molecule has 0 radical (unpaired) electrons. The molecule has 2 aromatic rings. The molecule has 0 saturated heterocycles. The van der Waals surface area contributed by atoms with Gasteiger partial charge in [0.25, 0.3) is 0 Å². The minimum atomic E-state index is 0.289. The monoisotopic (exact) mass is 252 g/mol. The summed E-state index contributed by atoms with van der Waals surface area (Å²) in [6.07, 6.45) is 0. The first-order valence-corrected chi connectivity index (χ1v) is 6.43. The van der Waals surface area contributed by atoms with Crippen LogP contribution in [0.1, 0.15) is 31.2 Å². The van der Waals surface area contributed by atoms with E-state index < -0.39 is 0 Å². The van der Waals surface area contributed by atoms with E-state index >= 15 is 0 Å². The van der Waals surface area contributed by atoms with Gasteiger partial charge in [-0.25, -0.2) is 9.97 Å². The van der Waals surface area contributed by atoms with Gasteiger partial charge in [0.05, 0.1) is 10.6 Å². The summed E-state index contributed by atoms with van der Waals surface area (Å²) >= 11 is 7.80. The fraction of sp³-hybridized carbons (Fsp3) is 0.333. The lowest BCUT2D eigenvalue weighted by molar-refractivity contribution is 0.774. The van der Waals surface area contributed by atoms with E-state index in [1.54, 1.807) is 11.3 Å². The molecular weight excluding hydrogens is 240 g/mol. The molecule has 0 atom stereocenters. The first-order valence-electron chi connectivity index (χ1n) is 5.17. The lowest BCUT2D eigenvalue weighted by Crippen LogP contribution is -2.01. The molecule has 0 N–H and O–H groups in total. The Hall–Kier alpha value is -0.930. The second-order valence-corrected chi connectivity index (χ2v) is 5.28. The molecule has 2 aromatic heterocycles. The minimum Gasteiger partial charge on any atom is -0.231 e. The topological polar surface area (TPSA) is 25.8 Å². The maximum absolute atomic E-state index is 6.13. The van der Waals surface area contributed by atoms with Crippen molar-refractivity contribution in [3.05, 3.63) is 34.1 Å². The van der Waals surface area contributed by atoms with Crippen molar-refractivity contribution in [1.82, 2.24) is 9.97 Å². The molecule has 4 heteroatoms. The molecule has 0 aromatic carbocycles. The van der Waals surface area contributed by atoms with Gasteiger partial charge >= 0.3 is 0 Å². The van der Waals surface area contributed by atoms with E-state index in [2.05, 4.69) is 29.9 Å². The van der Waals surface area contributed by atoms with Crippen molar-refractivity contribution < 1.29 is 0 Å². The molecule has 0 fully saturated rings. The molecule has 0 aliphatic carbocycles. The van der Waals surface area contributed by atoms with E-state index in [1.807, 2.05) is 18.4 Å². The first kappa shape index (κ1) is 11.6. The van der Waals surface area contributed by atoms with Gasteiger partial charge in [0, 0.05) is 11.5 Å². The average Bonchev–Trinajstić information content (AvgIpc) is 2.74. The molecule has 2 nitrogen and oxygen atoms in total. The summed E-state index contributed by atoms with van der Waals surface area (Å²) in [7, 11) is 0. The van der Waals surface area contributed by atoms with Crippen LogP contribution in [0.5, 0.6) is 0 Å². The van der Waals surface area contributed by atoms with Crippen molar-refractivity contribution in [1.29, 1.82) is 0 Å². The van der Waals surface area contributed by atoms with Gasteiger partial charge < -0.3 is 0 Å². The molecule has 0 unspecified atom stereocenters. The van der Waals surface area contributed by atoms with Crippen LogP contribution < -0.4 is 0 Å². The third kappa shape index (κ3) is 2.11. The highest BCUT2D eigenvalue weighted by atomic mass is 35.5. The lowest BCUT2D eigenvalue weighted by atomic mass is 10.1. The number of aromatic nitrogens is 2. The van der Waals surface area contributed by atoms with Crippen molar-refractivity contribution in [3.63, 3.8) is 0 Å². The Morgan fingerprint density at radius 2 is 2.06 bits per heavy atom. The fourth-order valence-corrected chi connectivity index (χ4v) is 2.36. The van der Waals surface area contributed by atoms with E-state index in [-0.39, 0.29) is 5.92 Å². The predicted octanol–water partition coefficient (Wildman–Crippen LogP) is 4.29. The highest BCUT2D eigenvalue weighted by Crippen LogP contribution is 2.30. The normalized spacial score (nSPS) is 11.1. The summed E-state index contributed by atoms with van der Waals surface area (Å²) in [6.45, 7) is 6.10. The van der Waals surface area contributed by atoms with Crippen molar-refractivity contribution in [2.24, 2.45) is 0 Å². The van der Waals surface area contributed by atoms with Crippen LogP contribution in [0.2, 0.25) is 5.15 Å². The molecule has 84 valence electrons. The van der Waals surface area contributed by atoms with Crippen LogP contribution in [0.3, 0.4) is 0 Å². The smallest absolute Gasteiger partial charge is 0.136 e. The minimum absolute atomic E-state index is 0.289. The highest BCUT2D eigenvalue weighted by molar-refractivity contribution is 7.13. The SMILES string of the molecule is Cc1c(Cl)nc(C(C)C)nc1-c1cccs1. The molecule has 0 amide bonds. The summed E-state index contributed by atoms with van der Waals surface area (Å²) in [4.78, 5) is 10.0. The molecule has 0 bridgehead atoms. The Bertz CT molecular complexity index is 492. The van der Waals surface area contributed by atoms with Crippen molar-refractivity contribution >= 4 is 22.9 Å². The van der Waals surface area contributed by atoms with Gasteiger partial charge in [-0.3, -0.25) is 0 Å². The number of nitrogens with zero attached hydrogens (tertiary/aromatic N) is 2. The van der Waals surface area contributed by atoms with Gasteiger partial charge in [0.1, 0.15) is 11.0 Å². The van der Waals surface area contributed by atoms with E-state index in [0.29, 0.717) is 5.15 Å². The highest BCUT2D eigenvalue weighted by Gasteiger charge is 2.13. The Morgan fingerprint density at radius 3 is 2.62 bits per heavy atom. The molecule has 2 heterocycles. The van der Waals surface area contributed by atoms with Gasteiger partial charge in [-0.2, -0.15) is 0 Å². The van der Waals surface area contributed by atoms with Crippen molar-refractivity contribution in [2.75, 3.05) is 0 Å². The lowest BCUT2D eigenvalue weighted by Gasteiger charge is -2.09. The van der Waals surface area contributed by atoms with Gasteiger partial charge in [0.15, 0.2) is 0 Å².